The largest absolute Gasteiger partial charge is 0.493 e. The molecule has 2 aromatic carbocycles. The number of aryl methyl sites for hydroxylation is 1. The minimum atomic E-state index is 0.644. The number of nitrogens with zero attached hydrogens (tertiary/aromatic N) is 2. The first-order valence-corrected chi connectivity index (χ1v) is 10.5. The van der Waals surface area contributed by atoms with Gasteiger partial charge in [0.05, 0.1) is 35.5 Å². The zero-order valence-electron chi connectivity index (χ0n) is 19.5. The Bertz CT molecular complexity index is 879. The molecule has 0 aromatic heterocycles. The van der Waals surface area contributed by atoms with E-state index >= 15 is 0 Å². The molecule has 7 heteroatoms. The predicted molar refractivity (Wildman–Crippen MR) is 121 cm³/mol. The second-order valence-corrected chi connectivity index (χ2v) is 7.68. The van der Waals surface area contributed by atoms with E-state index in [0.717, 1.165) is 62.1 Å². The van der Waals surface area contributed by atoms with Crippen LogP contribution in [0.5, 0.6) is 28.7 Å². The van der Waals surface area contributed by atoms with E-state index in [2.05, 4.69) is 28.9 Å². The molecule has 170 valence electrons. The number of ether oxygens (including phenoxy) is 5. The lowest BCUT2D eigenvalue weighted by Gasteiger charge is -2.35. The van der Waals surface area contributed by atoms with Crippen molar-refractivity contribution >= 4 is 0 Å². The third-order valence-corrected chi connectivity index (χ3v) is 5.88. The van der Waals surface area contributed by atoms with E-state index in [0.29, 0.717) is 11.5 Å². The Hall–Kier alpha value is -2.64. The lowest BCUT2D eigenvalue weighted by molar-refractivity contribution is 0.121. The fraction of sp³-hybridized carbons (Fsp3) is 0.500. The van der Waals surface area contributed by atoms with Gasteiger partial charge in [0.2, 0.25) is 5.75 Å². The van der Waals surface area contributed by atoms with Crippen LogP contribution >= 0.6 is 0 Å². The molecule has 0 saturated carbocycles. The molecule has 31 heavy (non-hydrogen) atoms. The summed E-state index contributed by atoms with van der Waals surface area (Å²) in [7, 11) is 8.29. The number of benzene rings is 2. The van der Waals surface area contributed by atoms with Gasteiger partial charge in [0.15, 0.2) is 23.0 Å². The van der Waals surface area contributed by atoms with E-state index in [-0.39, 0.29) is 0 Å². The van der Waals surface area contributed by atoms with Crippen LogP contribution in [0.4, 0.5) is 0 Å². The minimum Gasteiger partial charge on any atom is -0.493 e. The summed E-state index contributed by atoms with van der Waals surface area (Å²) in [5.74, 6) is 3.62. The number of hydrogen-bond acceptors (Lipinski definition) is 7. The molecule has 0 radical (unpaired) electrons. The van der Waals surface area contributed by atoms with Crippen molar-refractivity contribution in [1.29, 1.82) is 0 Å². The summed E-state index contributed by atoms with van der Waals surface area (Å²) in [6, 6.07) is 8.13. The molecular weight excluding hydrogens is 396 g/mol. The van der Waals surface area contributed by atoms with Gasteiger partial charge in [0.25, 0.3) is 0 Å². The van der Waals surface area contributed by atoms with Crippen LogP contribution < -0.4 is 23.7 Å². The van der Waals surface area contributed by atoms with Crippen molar-refractivity contribution in [1.82, 2.24) is 9.80 Å². The fourth-order valence-corrected chi connectivity index (χ4v) is 4.07. The SMILES string of the molecule is COc1cc(C)c(CN2CCN(Cc3ccc(OC)c(OC)c3OC)CC2)cc1OC. The lowest BCUT2D eigenvalue weighted by atomic mass is 10.1. The van der Waals surface area contributed by atoms with Gasteiger partial charge in [0.1, 0.15) is 0 Å². The van der Waals surface area contributed by atoms with Gasteiger partial charge >= 0.3 is 0 Å². The molecule has 1 fully saturated rings. The average molecular weight is 431 g/mol. The molecule has 0 aliphatic carbocycles. The molecule has 0 N–H and O–H groups in total. The maximum Gasteiger partial charge on any atom is 0.203 e. The molecule has 0 atom stereocenters. The van der Waals surface area contributed by atoms with Crippen LogP contribution in [-0.4, -0.2) is 71.5 Å². The van der Waals surface area contributed by atoms with Gasteiger partial charge in [-0.25, -0.2) is 0 Å². The van der Waals surface area contributed by atoms with E-state index in [1.807, 2.05) is 12.1 Å². The normalized spacial score (nSPS) is 14.9. The molecule has 1 heterocycles. The van der Waals surface area contributed by atoms with Crippen LogP contribution in [0.2, 0.25) is 0 Å². The molecule has 1 saturated heterocycles. The number of methoxy groups -OCH3 is 5. The second-order valence-electron chi connectivity index (χ2n) is 7.68. The van der Waals surface area contributed by atoms with Crippen LogP contribution in [-0.2, 0) is 13.1 Å². The summed E-state index contributed by atoms with van der Waals surface area (Å²) in [6.07, 6.45) is 0. The maximum absolute atomic E-state index is 5.64. The lowest BCUT2D eigenvalue weighted by Crippen LogP contribution is -2.45. The fourth-order valence-electron chi connectivity index (χ4n) is 4.07. The highest BCUT2D eigenvalue weighted by atomic mass is 16.5. The highest BCUT2D eigenvalue weighted by molar-refractivity contribution is 5.55. The quantitative estimate of drug-likeness (QED) is 0.605. The van der Waals surface area contributed by atoms with Crippen molar-refractivity contribution in [2.75, 3.05) is 61.7 Å². The molecular formula is C24H34N2O5. The van der Waals surface area contributed by atoms with Gasteiger partial charge in [-0.1, -0.05) is 6.07 Å². The van der Waals surface area contributed by atoms with Gasteiger partial charge in [-0.3, -0.25) is 9.80 Å². The van der Waals surface area contributed by atoms with Crippen molar-refractivity contribution in [3.63, 3.8) is 0 Å². The summed E-state index contributed by atoms with van der Waals surface area (Å²) in [6.45, 7) is 7.82. The van der Waals surface area contributed by atoms with Crippen molar-refractivity contribution < 1.29 is 23.7 Å². The zero-order valence-corrected chi connectivity index (χ0v) is 19.5. The summed E-state index contributed by atoms with van der Waals surface area (Å²) in [5, 5.41) is 0. The molecule has 3 rings (SSSR count). The Labute approximate surface area is 185 Å². The third-order valence-electron chi connectivity index (χ3n) is 5.88. The van der Waals surface area contributed by atoms with Gasteiger partial charge < -0.3 is 23.7 Å². The number of piperazine rings is 1. The van der Waals surface area contributed by atoms with Crippen molar-refractivity contribution in [3.05, 3.63) is 41.0 Å². The summed E-state index contributed by atoms with van der Waals surface area (Å²) in [5.41, 5.74) is 3.59. The highest BCUT2D eigenvalue weighted by Gasteiger charge is 2.22. The van der Waals surface area contributed by atoms with E-state index in [9.17, 15) is 0 Å². The molecule has 0 spiro atoms. The van der Waals surface area contributed by atoms with Gasteiger partial charge in [-0.15, -0.1) is 0 Å². The number of hydrogen-bond donors (Lipinski definition) is 0. The predicted octanol–water partition coefficient (Wildman–Crippen LogP) is 3.36. The molecule has 1 aliphatic heterocycles. The second kappa shape index (κ2) is 10.6. The van der Waals surface area contributed by atoms with E-state index in [1.165, 1.54) is 11.1 Å². The summed E-state index contributed by atoms with van der Waals surface area (Å²) < 4.78 is 27.4. The van der Waals surface area contributed by atoms with Gasteiger partial charge in [-0.2, -0.15) is 0 Å². The highest BCUT2D eigenvalue weighted by Crippen LogP contribution is 2.40. The smallest absolute Gasteiger partial charge is 0.203 e. The van der Waals surface area contributed by atoms with E-state index in [4.69, 9.17) is 23.7 Å². The van der Waals surface area contributed by atoms with Crippen LogP contribution in [0.25, 0.3) is 0 Å². The summed E-state index contributed by atoms with van der Waals surface area (Å²) in [4.78, 5) is 4.93. The zero-order chi connectivity index (χ0) is 22.4. The molecule has 0 unspecified atom stereocenters. The Balaban J connectivity index is 1.63. The van der Waals surface area contributed by atoms with Crippen LogP contribution in [0.1, 0.15) is 16.7 Å². The topological polar surface area (TPSA) is 52.6 Å². The number of rotatable bonds is 9. The van der Waals surface area contributed by atoms with Crippen LogP contribution in [0.3, 0.4) is 0 Å². The van der Waals surface area contributed by atoms with Crippen LogP contribution in [0.15, 0.2) is 24.3 Å². The molecule has 0 bridgehead atoms. The first-order valence-electron chi connectivity index (χ1n) is 10.5. The first-order chi connectivity index (χ1) is 15.0. The van der Waals surface area contributed by atoms with E-state index in [1.54, 1.807) is 35.5 Å². The van der Waals surface area contributed by atoms with Gasteiger partial charge in [-0.05, 0) is 36.2 Å². The molecule has 0 amide bonds. The molecule has 7 nitrogen and oxygen atoms in total. The van der Waals surface area contributed by atoms with Gasteiger partial charge in [0, 0.05) is 44.8 Å². The first kappa shape index (κ1) is 23.0. The Kier molecular flexibility index (Phi) is 7.87. The molecule has 2 aromatic rings. The monoisotopic (exact) mass is 430 g/mol. The molecule has 1 aliphatic rings. The summed E-state index contributed by atoms with van der Waals surface area (Å²) >= 11 is 0. The van der Waals surface area contributed by atoms with Crippen LogP contribution in [0, 0.1) is 6.92 Å². The third kappa shape index (κ3) is 5.17. The van der Waals surface area contributed by atoms with Crippen molar-refractivity contribution in [2.24, 2.45) is 0 Å². The Morgan fingerprint density at radius 2 is 1.13 bits per heavy atom. The standard InChI is InChI=1S/C24H34N2O5/c1-17-13-21(28-3)22(29-4)14-19(17)16-26-11-9-25(10-12-26)15-18-7-8-20(27-2)24(31-6)23(18)30-5/h7-8,13-14H,9-12,15-16H2,1-6H3. The van der Waals surface area contributed by atoms with Crippen molar-refractivity contribution in [2.45, 2.75) is 20.0 Å². The minimum absolute atomic E-state index is 0.644. The average Bonchev–Trinajstić information content (AvgIpc) is 2.80. The van der Waals surface area contributed by atoms with Crippen molar-refractivity contribution in [3.8, 4) is 28.7 Å². The maximum atomic E-state index is 5.64. The van der Waals surface area contributed by atoms with E-state index < -0.39 is 0 Å². The Morgan fingerprint density at radius 3 is 1.65 bits per heavy atom. The Morgan fingerprint density at radius 1 is 0.613 bits per heavy atom.